The molecule has 7 nitrogen and oxygen atoms in total. The van der Waals surface area contributed by atoms with Gasteiger partial charge in [0.05, 0.1) is 17.1 Å². The molecule has 0 saturated carbocycles. The summed E-state index contributed by atoms with van der Waals surface area (Å²) in [4.78, 5) is 11.6. The highest BCUT2D eigenvalue weighted by atomic mass is 32.2. The largest absolute Gasteiger partial charge is 0.488 e. The minimum absolute atomic E-state index is 0.0179. The minimum Gasteiger partial charge on any atom is -0.488 e. The third kappa shape index (κ3) is 7.40. The van der Waals surface area contributed by atoms with Crippen LogP contribution in [0.1, 0.15) is 37.0 Å². The zero-order valence-electron chi connectivity index (χ0n) is 16.8. The number of rotatable bonds is 11. The van der Waals surface area contributed by atoms with E-state index in [1.54, 1.807) is 6.07 Å². The SMILES string of the molecule is CCCCOC[C@H](C)Oc1cc(Oc2ccc(S(C)(=O)=O)cc2)cc(C(=O)O)c1. The standard InChI is InChI=1S/C21H26O7S/c1-4-5-10-26-14-15(2)27-18-11-16(21(22)23)12-19(13-18)28-17-6-8-20(9-7-17)29(3,24)25/h6-9,11-13,15H,4-5,10,14H2,1-3H3,(H,22,23)/t15-/m0/s1. The second-order valence-electron chi connectivity index (χ2n) is 6.70. The van der Waals surface area contributed by atoms with Gasteiger partial charge in [0.2, 0.25) is 0 Å². The van der Waals surface area contributed by atoms with Crippen LogP contribution in [0, 0.1) is 0 Å². The molecule has 1 N–H and O–H groups in total. The second-order valence-corrected chi connectivity index (χ2v) is 8.72. The van der Waals surface area contributed by atoms with Crippen LogP contribution in [0.4, 0.5) is 0 Å². The molecule has 2 rings (SSSR count). The Balaban J connectivity index is 2.14. The Morgan fingerprint density at radius 2 is 1.72 bits per heavy atom. The van der Waals surface area contributed by atoms with E-state index in [0.717, 1.165) is 19.1 Å². The molecule has 0 aliphatic heterocycles. The Hall–Kier alpha value is -2.58. The van der Waals surface area contributed by atoms with Crippen molar-refractivity contribution in [3.05, 3.63) is 48.0 Å². The Kier molecular flexibility index (Phi) is 8.04. The Morgan fingerprint density at radius 3 is 2.31 bits per heavy atom. The molecule has 0 aliphatic rings. The molecular formula is C21H26O7S. The second kappa shape index (κ2) is 10.3. The molecule has 2 aromatic rings. The summed E-state index contributed by atoms with van der Waals surface area (Å²) in [6.07, 6.45) is 2.87. The first-order chi connectivity index (χ1) is 13.7. The van der Waals surface area contributed by atoms with Gasteiger partial charge < -0.3 is 19.3 Å². The van der Waals surface area contributed by atoms with Crippen LogP contribution in [0.5, 0.6) is 17.2 Å². The molecule has 1 atom stereocenters. The third-order valence-electron chi connectivity index (χ3n) is 3.95. The van der Waals surface area contributed by atoms with Crippen molar-refractivity contribution >= 4 is 15.8 Å². The lowest BCUT2D eigenvalue weighted by molar-refractivity contribution is 0.0568. The van der Waals surface area contributed by atoms with Crippen LogP contribution in [-0.2, 0) is 14.6 Å². The van der Waals surface area contributed by atoms with Crippen molar-refractivity contribution in [3.63, 3.8) is 0 Å². The van der Waals surface area contributed by atoms with Gasteiger partial charge in [0.1, 0.15) is 23.4 Å². The molecule has 0 fully saturated rings. The van der Waals surface area contributed by atoms with Gasteiger partial charge in [-0.15, -0.1) is 0 Å². The molecule has 0 saturated heterocycles. The lowest BCUT2D eigenvalue weighted by Gasteiger charge is -2.16. The lowest BCUT2D eigenvalue weighted by atomic mass is 10.2. The minimum atomic E-state index is -3.31. The fourth-order valence-corrected chi connectivity index (χ4v) is 3.11. The monoisotopic (exact) mass is 422 g/mol. The number of hydrogen-bond donors (Lipinski definition) is 1. The number of carboxylic acid groups (broad SMARTS) is 1. The normalized spacial score (nSPS) is 12.4. The molecule has 0 spiro atoms. The molecule has 0 radical (unpaired) electrons. The summed E-state index contributed by atoms with van der Waals surface area (Å²) in [5.74, 6) is -0.119. The van der Waals surface area contributed by atoms with Crippen LogP contribution in [0.25, 0.3) is 0 Å². The number of sulfone groups is 1. The molecule has 158 valence electrons. The molecule has 2 aromatic carbocycles. The highest BCUT2D eigenvalue weighted by molar-refractivity contribution is 7.90. The van der Waals surface area contributed by atoms with Crippen LogP contribution < -0.4 is 9.47 Å². The summed E-state index contributed by atoms with van der Waals surface area (Å²) in [6, 6.07) is 10.3. The van der Waals surface area contributed by atoms with Gasteiger partial charge in [-0.1, -0.05) is 13.3 Å². The van der Waals surface area contributed by atoms with Crippen LogP contribution in [-0.4, -0.2) is 45.1 Å². The predicted molar refractivity (Wildman–Crippen MR) is 109 cm³/mol. The van der Waals surface area contributed by atoms with Crippen molar-refractivity contribution in [1.82, 2.24) is 0 Å². The number of ether oxygens (including phenoxy) is 3. The fourth-order valence-electron chi connectivity index (χ4n) is 2.48. The molecule has 0 unspecified atom stereocenters. The van der Waals surface area contributed by atoms with E-state index in [0.29, 0.717) is 24.7 Å². The maximum atomic E-state index is 11.5. The Morgan fingerprint density at radius 1 is 1.07 bits per heavy atom. The van der Waals surface area contributed by atoms with Gasteiger partial charge in [0, 0.05) is 18.9 Å². The number of carboxylic acids is 1. The van der Waals surface area contributed by atoms with Crippen LogP contribution in [0.15, 0.2) is 47.4 Å². The first-order valence-electron chi connectivity index (χ1n) is 9.29. The maximum absolute atomic E-state index is 11.5. The zero-order valence-corrected chi connectivity index (χ0v) is 17.6. The van der Waals surface area contributed by atoms with Gasteiger partial charge in [0.15, 0.2) is 9.84 Å². The summed E-state index contributed by atoms with van der Waals surface area (Å²) in [7, 11) is -3.31. The van der Waals surface area contributed by atoms with Crippen LogP contribution >= 0.6 is 0 Å². The molecular weight excluding hydrogens is 396 g/mol. The molecule has 0 heterocycles. The Labute approximate surface area is 171 Å². The van der Waals surface area contributed by atoms with E-state index in [4.69, 9.17) is 14.2 Å². The van der Waals surface area contributed by atoms with Crippen molar-refractivity contribution in [2.24, 2.45) is 0 Å². The number of aromatic carboxylic acids is 1. The van der Waals surface area contributed by atoms with E-state index in [9.17, 15) is 18.3 Å². The lowest BCUT2D eigenvalue weighted by Crippen LogP contribution is -2.19. The average Bonchev–Trinajstić information content (AvgIpc) is 2.65. The van der Waals surface area contributed by atoms with Crippen molar-refractivity contribution in [1.29, 1.82) is 0 Å². The maximum Gasteiger partial charge on any atom is 0.335 e. The van der Waals surface area contributed by atoms with E-state index in [2.05, 4.69) is 6.92 Å². The number of unbranched alkanes of at least 4 members (excludes halogenated alkanes) is 1. The van der Waals surface area contributed by atoms with Gasteiger partial charge in [-0.05, 0) is 49.7 Å². The Bertz CT molecular complexity index is 921. The van der Waals surface area contributed by atoms with Gasteiger partial charge in [-0.2, -0.15) is 0 Å². The molecule has 8 heteroatoms. The zero-order chi connectivity index (χ0) is 21.4. The first-order valence-corrected chi connectivity index (χ1v) is 11.2. The molecule has 0 amide bonds. The summed E-state index contributed by atoms with van der Waals surface area (Å²) in [5, 5.41) is 9.36. The molecule has 0 aliphatic carbocycles. The van der Waals surface area contributed by atoms with Crippen molar-refractivity contribution < 1.29 is 32.5 Å². The van der Waals surface area contributed by atoms with E-state index in [1.807, 2.05) is 6.92 Å². The summed E-state index contributed by atoms with van der Waals surface area (Å²) >= 11 is 0. The number of carbonyl (C=O) groups is 1. The van der Waals surface area contributed by atoms with Gasteiger partial charge in [-0.3, -0.25) is 0 Å². The summed E-state index contributed by atoms with van der Waals surface area (Å²) < 4.78 is 40.1. The van der Waals surface area contributed by atoms with Gasteiger partial charge in [-0.25, -0.2) is 13.2 Å². The van der Waals surface area contributed by atoms with Crippen molar-refractivity contribution in [3.8, 4) is 17.2 Å². The predicted octanol–water partition coefficient (Wildman–Crippen LogP) is 4.16. The highest BCUT2D eigenvalue weighted by Crippen LogP contribution is 2.29. The molecule has 0 aromatic heterocycles. The topological polar surface area (TPSA) is 99.1 Å². The summed E-state index contributed by atoms with van der Waals surface area (Å²) in [6.45, 7) is 4.96. The number of benzene rings is 2. The smallest absolute Gasteiger partial charge is 0.335 e. The number of hydrogen-bond acceptors (Lipinski definition) is 6. The quantitative estimate of drug-likeness (QED) is 0.543. The highest BCUT2D eigenvalue weighted by Gasteiger charge is 2.13. The van der Waals surface area contributed by atoms with Crippen molar-refractivity contribution in [2.75, 3.05) is 19.5 Å². The summed E-state index contributed by atoms with van der Waals surface area (Å²) in [5.41, 5.74) is 0.0179. The van der Waals surface area contributed by atoms with Crippen LogP contribution in [0.3, 0.4) is 0 Å². The third-order valence-corrected chi connectivity index (χ3v) is 5.08. The van der Waals surface area contributed by atoms with Gasteiger partial charge in [0.25, 0.3) is 0 Å². The van der Waals surface area contributed by atoms with Crippen LogP contribution in [0.2, 0.25) is 0 Å². The van der Waals surface area contributed by atoms with Gasteiger partial charge >= 0.3 is 5.97 Å². The molecule has 0 bridgehead atoms. The van der Waals surface area contributed by atoms with E-state index in [-0.39, 0.29) is 22.3 Å². The molecule has 29 heavy (non-hydrogen) atoms. The first kappa shape index (κ1) is 22.7. The van der Waals surface area contributed by atoms with Crippen molar-refractivity contribution in [2.45, 2.75) is 37.7 Å². The van der Waals surface area contributed by atoms with E-state index >= 15 is 0 Å². The average molecular weight is 422 g/mol. The van der Waals surface area contributed by atoms with E-state index in [1.165, 1.54) is 36.4 Å². The fraction of sp³-hybridized carbons (Fsp3) is 0.381. The van der Waals surface area contributed by atoms with E-state index < -0.39 is 15.8 Å².